The van der Waals surface area contributed by atoms with E-state index in [1.54, 1.807) is 0 Å². The van der Waals surface area contributed by atoms with Crippen LogP contribution in [0.5, 0.6) is 0 Å². The molecule has 3 heteroatoms. The molecule has 3 nitrogen and oxygen atoms in total. The molecule has 0 spiro atoms. The van der Waals surface area contributed by atoms with Crippen molar-refractivity contribution in [2.45, 2.75) is 46.9 Å². The standard InChI is InChI=1S/C10H22N2O.C2H6/c1-5-13-10-8-12(9(2)3)7-6-11(10)4;1-2/h9-10H,5-8H2,1-4H3;1-2H3. The highest BCUT2D eigenvalue weighted by Crippen LogP contribution is 2.11. The van der Waals surface area contributed by atoms with Crippen LogP contribution in [0.25, 0.3) is 0 Å². The van der Waals surface area contributed by atoms with Crippen LogP contribution >= 0.6 is 0 Å². The molecule has 0 aromatic carbocycles. The molecule has 1 saturated heterocycles. The predicted molar refractivity (Wildman–Crippen MR) is 66.1 cm³/mol. The lowest BCUT2D eigenvalue weighted by Gasteiger charge is -2.40. The number of ether oxygens (including phenoxy) is 1. The van der Waals surface area contributed by atoms with E-state index in [2.05, 4.69) is 37.6 Å². The van der Waals surface area contributed by atoms with Crippen molar-refractivity contribution in [2.75, 3.05) is 33.3 Å². The van der Waals surface area contributed by atoms with Gasteiger partial charge in [0.25, 0.3) is 0 Å². The highest BCUT2D eigenvalue weighted by Gasteiger charge is 2.25. The topological polar surface area (TPSA) is 15.7 Å². The first-order valence-corrected chi connectivity index (χ1v) is 6.21. The molecule has 1 unspecified atom stereocenters. The first-order chi connectivity index (χ1) is 7.15. The summed E-state index contributed by atoms with van der Waals surface area (Å²) in [5.74, 6) is 0. The fraction of sp³-hybridized carbons (Fsp3) is 1.00. The van der Waals surface area contributed by atoms with E-state index in [-0.39, 0.29) is 0 Å². The smallest absolute Gasteiger partial charge is 0.123 e. The Bertz CT molecular complexity index is 151. The van der Waals surface area contributed by atoms with Crippen molar-refractivity contribution in [2.24, 2.45) is 0 Å². The van der Waals surface area contributed by atoms with Gasteiger partial charge in [-0.3, -0.25) is 9.80 Å². The maximum atomic E-state index is 5.66. The molecule has 1 heterocycles. The zero-order chi connectivity index (χ0) is 11.8. The summed E-state index contributed by atoms with van der Waals surface area (Å²) in [4.78, 5) is 4.77. The van der Waals surface area contributed by atoms with E-state index in [9.17, 15) is 0 Å². The van der Waals surface area contributed by atoms with Gasteiger partial charge in [0.15, 0.2) is 0 Å². The molecule has 0 aromatic rings. The van der Waals surface area contributed by atoms with E-state index < -0.39 is 0 Å². The van der Waals surface area contributed by atoms with Gasteiger partial charge in [-0.05, 0) is 27.8 Å². The summed E-state index contributed by atoms with van der Waals surface area (Å²) in [5.41, 5.74) is 0. The van der Waals surface area contributed by atoms with Gasteiger partial charge in [0.05, 0.1) is 0 Å². The van der Waals surface area contributed by atoms with Crippen molar-refractivity contribution in [3.05, 3.63) is 0 Å². The Balaban J connectivity index is 0.000000921. The van der Waals surface area contributed by atoms with Crippen LogP contribution in [0.4, 0.5) is 0 Å². The van der Waals surface area contributed by atoms with Crippen molar-refractivity contribution in [3.8, 4) is 0 Å². The van der Waals surface area contributed by atoms with Gasteiger partial charge < -0.3 is 4.74 Å². The number of hydrogen-bond donors (Lipinski definition) is 0. The first kappa shape index (κ1) is 14.9. The summed E-state index contributed by atoms with van der Waals surface area (Å²) in [6.07, 6.45) is 0.293. The quantitative estimate of drug-likeness (QED) is 0.718. The molecule has 0 N–H and O–H groups in total. The number of piperazine rings is 1. The highest BCUT2D eigenvalue weighted by atomic mass is 16.5. The van der Waals surface area contributed by atoms with Gasteiger partial charge in [-0.2, -0.15) is 0 Å². The Morgan fingerprint density at radius 3 is 2.33 bits per heavy atom. The molecule has 0 aromatic heterocycles. The maximum absolute atomic E-state index is 5.66. The number of likely N-dealkylation sites (N-methyl/N-ethyl adjacent to an activating group) is 1. The molecular weight excluding hydrogens is 188 g/mol. The van der Waals surface area contributed by atoms with Crippen LogP contribution in [-0.4, -0.2) is 55.4 Å². The van der Waals surface area contributed by atoms with Crippen LogP contribution in [-0.2, 0) is 4.74 Å². The predicted octanol–water partition coefficient (Wildman–Crippen LogP) is 2.03. The monoisotopic (exact) mass is 216 g/mol. The summed E-state index contributed by atoms with van der Waals surface area (Å²) in [7, 11) is 2.14. The van der Waals surface area contributed by atoms with Gasteiger partial charge in [-0.15, -0.1) is 0 Å². The van der Waals surface area contributed by atoms with E-state index in [1.807, 2.05) is 13.8 Å². The molecule has 0 saturated carbocycles. The minimum absolute atomic E-state index is 0.293. The lowest BCUT2D eigenvalue weighted by molar-refractivity contribution is -0.0916. The molecule has 0 radical (unpaired) electrons. The van der Waals surface area contributed by atoms with Crippen molar-refractivity contribution in [1.29, 1.82) is 0 Å². The van der Waals surface area contributed by atoms with Crippen LogP contribution in [0.3, 0.4) is 0 Å². The van der Waals surface area contributed by atoms with Gasteiger partial charge in [-0.1, -0.05) is 13.8 Å². The molecular formula is C12H28N2O. The normalized spacial score (nSPS) is 23.8. The minimum Gasteiger partial charge on any atom is -0.362 e. The SMILES string of the molecule is CC.CCOC1CN(C(C)C)CCN1C. The molecule has 0 bridgehead atoms. The zero-order valence-corrected chi connectivity index (χ0v) is 11.3. The second kappa shape index (κ2) is 8.08. The molecule has 92 valence electrons. The largest absolute Gasteiger partial charge is 0.362 e. The van der Waals surface area contributed by atoms with E-state index in [1.165, 1.54) is 0 Å². The average molecular weight is 216 g/mol. The number of rotatable bonds is 3. The molecule has 0 aliphatic carbocycles. The Hall–Kier alpha value is -0.120. The van der Waals surface area contributed by atoms with Crippen LogP contribution < -0.4 is 0 Å². The molecule has 15 heavy (non-hydrogen) atoms. The highest BCUT2D eigenvalue weighted by molar-refractivity contribution is 4.76. The molecule has 1 fully saturated rings. The Morgan fingerprint density at radius 1 is 1.27 bits per heavy atom. The van der Waals surface area contributed by atoms with Gasteiger partial charge in [0.1, 0.15) is 6.23 Å². The van der Waals surface area contributed by atoms with Crippen LogP contribution in [0.15, 0.2) is 0 Å². The third kappa shape index (κ3) is 4.96. The summed E-state index contributed by atoms with van der Waals surface area (Å²) in [5, 5.41) is 0. The van der Waals surface area contributed by atoms with Crippen molar-refractivity contribution in [3.63, 3.8) is 0 Å². The third-order valence-corrected chi connectivity index (χ3v) is 2.71. The minimum atomic E-state index is 0.293. The average Bonchev–Trinajstić information content (AvgIpc) is 2.24. The summed E-state index contributed by atoms with van der Waals surface area (Å²) < 4.78 is 5.66. The molecule has 1 atom stereocenters. The Morgan fingerprint density at radius 2 is 1.87 bits per heavy atom. The van der Waals surface area contributed by atoms with Crippen molar-refractivity contribution in [1.82, 2.24) is 9.80 Å². The van der Waals surface area contributed by atoms with Crippen LogP contribution in [0.2, 0.25) is 0 Å². The summed E-state index contributed by atoms with van der Waals surface area (Å²) in [6.45, 7) is 14.7. The number of nitrogens with zero attached hydrogens (tertiary/aromatic N) is 2. The number of hydrogen-bond acceptors (Lipinski definition) is 3. The first-order valence-electron chi connectivity index (χ1n) is 6.21. The molecule has 0 amide bonds. The van der Waals surface area contributed by atoms with Crippen LogP contribution in [0.1, 0.15) is 34.6 Å². The van der Waals surface area contributed by atoms with E-state index in [0.717, 1.165) is 26.2 Å². The van der Waals surface area contributed by atoms with Gasteiger partial charge in [0, 0.05) is 32.3 Å². The lowest BCUT2D eigenvalue weighted by atomic mass is 10.2. The summed E-state index contributed by atoms with van der Waals surface area (Å²) in [6, 6.07) is 0.636. The second-order valence-electron chi connectivity index (χ2n) is 3.98. The second-order valence-corrected chi connectivity index (χ2v) is 3.98. The molecule has 1 aliphatic rings. The lowest BCUT2D eigenvalue weighted by Crippen LogP contribution is -2.54. The van der Waals surface area contributed by atoms with E-state index >= 15 is 0 Å². The van der Waals surface area contributed by atoms with Crippen molar-refractivity contribution >= 4 is 0 Å². The summed E-state index contributed by atoms with van der Waals surface area (Å²) >= 11 is 0. The molecule has 1 rings (SSSR count). The fourth-order valence-electron chi connectivity index (χ4n) is 1.70. The van der Waals surface area contributed by atoms with Crippen molar-refractivity contribution < 1.29 is 4.74 Å². The van der Waals surface area contributed by atoms with E-state index in [4.69, 9.17) is 4.74 Å². The van der Waals surface area contributed by atoms with Gasteiger partial charge in [0.2, 0.25) is 0 Å². The Labute approximate surface area is 95.4 Å². The van der Waals surface area contributed by atoms with Crippen LogP contribution in [0, 0.1) is 0 Å². The Kier molecular flexibility index (Phi) is 8.02. The van der Waals surface area contributed by atoms with Gasteiger partial charge in [-0.25, -0.2) is 0 Å². The van der Waals surface area contributed by atoms with E-state index in [0.29, 0.717) is 12.3 Å². The molecule has 1 aliphatic heterocycles. The maximum Gasteiger partial charge on any atom is 0.123 e. The third-order valence-electron chi connectivity index (χ3n) is 2.71. The van der Waals surface area contributed by atoms with Gasteiger partial charge >= 0.3 is 0 Å². The fourth-order valence-corrected chi connectivity index (χ4v) is 1.70. The zero-order valence-electron chi connectivity index (χ0n) is 11.3.